The molecule has 0 aliphatic rings. The molecule has 6 heteroatoms. The molecule has 23 heavy (non-hydrogen) atoms. The van der Waals surface area contributed by atoms with Crippen molar-refractivity contribution < 1.29 is 13.9 Å². The largest absolute Gasteiger partial charge is 0.495 e. The number of methoxy groups -OCH3 is 1. The molecule has 0 amide bonds. The van der Waals surface area contributed by atoms with Gasteiger partial charge in [0, 0.05) is 13.0 Å². The Hall–Kier alpha value is -2.76. The third-order valence-corrected chi connectivity index (χ3v) is 3.04. The first-order valence-corrected chi connectivity index (χ1v) is 7.27. The molecule has 0 radical (unpaired) electrons. The zero-order valence-electron chi connectivity index (χ0n) is 13.0. The van der Waals surface area contributed by atoms with E-state index < -0.39 is 0 Å². The molecule has 3 N–H and O–H groups in total. The second-order valence-electron chi connectivity index (χ2n) is 4.75. The lowest BCUT2D eigenvalue weighted by Gasteiger charge is -2.10. The Morgan fingerprint density at radius 3 is 2.65 bits per heavy atom. The average molecular weight is 317 g/mol. The average Bonchev–Trinajstić information content (AvgIpc) is 2.57. The zero-order valence-corrected chi connectivity index (χ0v) is 13.0. The van der Waals surface area contributed by atoms with Gasteiger partial charge in [0.05, 0.1) is 19.4 Å². The van der Waals surface area contributed by atoms with Crippen molar-refractivity contribution in [1.29, 1.82) is 0 Å². The highest BCUT2D eigenvalue weighted by atomic mass is 19.1. The molecule has 0 unspecified atom stereocenters. The van der Waals surface area contributed by atoms with Crippen LogP contribution in [0.3, 0.4) is 0 Å². The summed E-state index contributed by atoms with van der Waals surface area (Å²) in [6, 6.07) is 13.4. The first-order chi connectivity index (χ1) is 11.2. The number of hydrogen-bond acceptors (Lipinski definition) is 3. The summed E-state index contributed by atoms with van der Waals surface area (Å²) in [4.78, 5) is 4.23. The van der Waals surface area contributed by atoms with Crippen molar-refractivity contribution in [3.05, 3.63) is 54.3 Å². The molecule has 122 valence electrons. The molecule has 0 aromatic heterocycles. The number of anilines is 1. The molecule has 0 saturated heterocycles. The predicted octanol–water partition coefficient (Wildman–Crippen LogP) is 3.03. The SMILES string of the molecule is COc1ccccc1NC(N)=NCCCOc1ccc(F)cc1. The van der Waals surface area contributed by atoms with Gasteiger partial charge in [-0.05, 0) is 36.4 Å². The van der Waals surface area contributed by atoms with Gasteiger partial charge in [0.25, 0.3) is 0 Å². The van der Waals surface area contributed by atoms with E-state index in [0.29, 0.717) is 37.0 Å². The van der Waals surface area contributed by atoms with Crippen LogP contribution >= 0.6 is 0 Å². The molecule has 2 aromatic carbocycles. The van der Waals surface area contributed by atoms with Crippen molar-refractivity contribution in [1.82, 2.24) is 0 Å². The molecule has 0 atom stereocenters. The van der Waals surface area contributed by atoms with Gasteiger partial charge in [-0.2, -0.15) is 0 Å². The fourth-order valence-electron chi connectivity index (χ4n) is 1.91. The Balaban J connectivity index is 1.73. The van der Waals surface area contributed by atoms with Crippen LogP contribution in [-0.4, -0.2) is 26.2 Å². The Morgan fingerprint density at radius 1 is 1.17 bits per heavy atom. The minimum absolute atomic E-state index is 0.280. The number of ether oxygens (including phenoxy) is 2. The molecule has 0 spiro atoms. The van der Waals surface area contributed by atoms with E-state index in [1.165, 1.54) is 12.1 Å². The van der Waals surface area contributed by atoms with E-state index in [-0.39, 0.29) is 5.82 Å². The smallest absolute Gasteiger partial charge is 0.193 e. The van der Waals surface area contributed by atoms with E-state index in [0.717, 1.165) is 5.69 Å². The lowest BCUT2D eigenvalue weighted by molar-refractivity contribution is 0.313. The van der Waals surface area contributed by atoms with Crippen molar-refractivity contribution in [2.24, 2.45) is 10.7 Å². The van der Waals surface area contributed by atoms with Crippen LogP contribution in [0.25, 0.3) is 0 Å². The predicted molar refractivity (Wildman–Crippen MR) is 89.6 cm³/mol. The molecule has 2 aromatic rings. The van der Waals surface area contributed by atoms with Crippen molar-refractivity contribution in [3.63, 3.8) is 0 Å². The van der Waals surface area contributed by atoms with Crippen LogP contribution in [0.4, 0.5) is 10.1 Å². The Kier molecular flexibility index (Phi) is 6.23. The quantitative estimate of drug-likeness (QED) is 0.468. The van der Waals surface area contributed by atoms with Crippen LogP contribution in [0.15, 0.2) is 53.5 Å². The van der Waals surface area contributed by atoms with Crippen molar-refractivity contribution in [3.8, 4) is 11.5 Å². The van der Waals surface area contributed by atoms with E-state index >= 15 is 0 Å². The molecule has 0 fully saturated rings. The van der Waals surface area contributed by atoms with Gasteiger partial charge in [-0.3, -0.25) is 4.99 Å². The van der Waals surface area contributed by atoms with Crippen LogP contribution in [0.1, 0.15) is 6.42 Å². The summed E-state index contributed by atoms with van der Waals surface area (Å²) >= 11 is 0. The topological polar surface area (TPSA) is 68.9 Å². The lowest BCUT2D eigenvalue weighted by atomic mass is 10.3. The normalized spacial score (nSPS) is 11.1. The van der Waals surface area contributed by atoms with Gasteiger partial charge in [-0.15, -0.1) is 0 Å². The molecule has 0 bridgehead atoms. The number of aliphatic imine (C=N–C) groups is 1. The maximum absolute atomic E-state index is 12.7. The standard InChI is InChI=1S/C17H20FN3O2/c1-22-16-6-3-2-5-15(16)21-17(19)20-11-4-12-23-14-9-7-13(18)8-10-14/h2-3,5-10H,4,11-12H2,1H3,(H3,19,20,21). The van der Waals surface area contributed by atoms with E-state index in [4.69, 9.17) is 15.2 Å². The molecule has 0 heterocycles. The highest BCUT2D eigenvalue weighted by Gasteiger charge is 2.02. The van der Waals surface area contributed by atoms with Crippen molar-refractivity contribution in [2.75, 3.05) is 25.6 Å². The number of benzene rings is 2. The van der Waals surface area contributed by atoms with E-state index in [9.17, 15) is 4.39 Å². The van der Waals surface area contributed by atoms with Gasteiger partial charge in [0.2, 0.25) is 0 Å². The van der Waals surface area contributed by atoms with Gasteiger partial charge in [0.15, 0.2) is 5.96 Å². The molecule has 0 aliphatic carbocycles. The third kappa shape index (κ3) is 5.50. The maximum atomic E-state index is 12.7. The van der Waals surface area contributed by atoms with E-state index in [1.807, 2.05) is 24.3 Å². The number of rotatable bonds is 7. The van der Waals surface area contributed by atoms with Gasteiger partial charge in [-0.1, -0.05) is 12.1 Å². The number of guanidine groups is 1. The summed E-state index contributed by atoms with van der Waals surface area (Å²) in [7, 11) is 1.60. The van der Waals surface area contributed by atoms with Crippen LogP contribution in [0, 0.1) is 5.82 Å². The number of nitrogens with zero attached hydrogens (tertiary/aromatic N) is 1. The number of halogens is 1. The number of para-hydroxylation sites is 2. The van der Waals surface area contributed by atoms with Gasteiger partial charge in [0.1, 0.15) is 17.3 Å². The molecule has 0 saturated carbocycles. The first kappa shape index (κ1) is 16.6. The summed E-state index contributed by atoms with van der Waals surface area (Å²) in [5.74, 6) is 1.37. The summed E-state index contributed by atoms with van der Waals surface area (Å²) < 4.78 is 23.5. The van der Waals surface area contributed by atoms with Crippen LogP contribution in [-0.2, 0) is 0 Å². The Morgan fingerprint density at radius 2 is 1.91 bits per heavy atom. The summed E-state index contributed by atoms with van der Waals surface area (Å²) in [5, 5.41) is 3.00. The number of nitrogens with two attached hydrogens (primary N) is 1. The van der Waals surface area contributed by atoms with Gasteiger partial charge < -0.3 is 20.5 Å². The minimum Gasteiger partial charge on any atom is -0.495 e. The zero-order chi connectivity index (χ0) is 16.5. The Labute approximate surface area is 134 Å². The van der Waals surface area contributed by atoms with Crippen LogP contribution < -0.4 is 20.5 Å². The molecule has 2 rings (SSSR count). The monoisotopic (exact) mass is 317 g/mol. The van der Waals surface area contributed by atoms with Crippen LogP contribution in [0.2, 0.25) is 0 Å². The summed E-state index contributed by atoms with van der Waals surface area (Å²) in [5.41, 5.74) is 6.60. The van der Waals surface area contributed by atoms with Crippen molar-refractivity contribution >= 4 is 11.6 Å². The Bertz CT molecular complexity index is 645. The van der Waals surface area contributed by atoms with Gasteiger partial charge >= 0.3 is 0 Å². The maximum Gasteiger partial charge on any atom is 0.193 e. The van der Waals surface area contributed by atoms with E-state index in [1.54, 1.807) is 19.2 Å². The second kappa shape index (κ2) is 8.63. The molecular formula is C17H20FN3O2. The summed E-state index contributed by atoms with van der Waals surface area (Å²) in [6.45, 7) is 1.01. The molecular weight excluding hydrogens is 297 g/mol. The highest BCUT2D eigenvalue weighted by Crippen LogP contribution is 2.22. The summed E-state index contributed by atoms with van der Waals surface area (Å²) in [6.07, 6.45) is 0.700. The third-order valence-electron chi connectivity index (χ3n) is 3.04. The fourth-order valence-corrected chi connectivity index (χ4v) is 1.91. The number of hydrogen-bond donors (Lipinski definition) is 2. The lowest BCUT2D eigenvalue weighted by Crippen LogP contribution is -2.23. The second-order valence-corrected chi connectivity index (χ2v) is 4.75. The minimum atomic E-state index is -0.280. The highest BCUT2D eigenvalue weighted by molar-refractivity contribution is 5.93. The first-order valence-electron chi connectivity index (χ1n) is 7.27. The van der Waals surface area contributed by atoms with Crippen molar-refractivity contribution in [2.45, 2.75) is 6.42 Å². The fraction of sp³-hybridized carbons (Fsp3) is 0.235. The van der Waals surface area contributed by atoms with Crippen LogP contribution in [0.5, 0.6) is 11.5 Å². The number of nitrogens with one attached hydrogen (secondary N) is 1. The molecule has 0 aliphatic heterocycles. The van der Waals surface area contributed by atoms with E-state index in [2.05, 4.69) is 10.3 Å². The molecule has 5 nitrogen and oxygen atoms in total. The van der Waals surface area contributed by atoms with Gasteiger partial charge in [-0.25, -0.2) is 4.39 Å².